The molecule has 0 radical (unpaired) electrons. The number of furan rings is 1. The Hall–Kier alpha value is -1.64. The summed E-state index contributed by atoms with van der Waals surface area (Å²) < 4.78 is 30.5. The van der Waals surface area contributed by atoms with Gasteiger partial charge in [0.1, 0.15) is 0 Å². The van der Waals surface area contributed by atoms with Crippen molar-refractivity contribution in [2.45, 2.75) is 4.90 Å². The molecule has 0 atom stereocenters. The van der Waals surface area contributed by atoms with Crippen LogP contribution >= 0.6 is 15.9 Å². The first-order valence-electron chi connectivity index (χ1n) is 5.89. The number of carbonyl (C=O) groups excluding carboxylic acids is 1. The van der Waals surface area contributed by atoms with Gasteiger partial charge in [-0.05, 0) is 40.2 Å². The number of nitrogens with zero attached hydrogens (tertiary/aromatic N) is 1. The molecule has 0 spiro atoms. The highest BCUT2D eigenvalue weighted by Gasteiger charge is 2.18. The van der Waals surface area contributed by atoms with E-state index in [1.807, 2.05) is 0 Å². The van der Waals surface area contributed by atoms with E-state index in [4.69, 9.17) is 4.42 Å². The van der Waals surface area contributed by atoms with Gasteiger partial charge in [-0.25, -0.2) is 12.7 Å². The molecule has 0 unspecified atom stereocenters. The molecule has 112 valence electrons. The van der Waals surface area contributed by atoms with Crippen LogP contribution in [0.1, 0.15) is 10.4 Å². The Morgan fingerprint density at radius 1 is 1.29 bits per heavy atom. The highest BCUT2D eigenvalue weighted by Crippen LogP contribution is 2.21. The van der Waals surface area contributed by atoms with Crippen LogP contribution in [0.4, 0.5) is 5.69 Å². The van der Waals surface area contributed by atoms with Crippen molar-refractivity contribution in [1.29, 1.82) is 0 Å². The van der Waals surface area contributed by atoms with E-state index in [-0.39, 0.29) is 4.90 Å². The molecular weight excluding hydrogens is 360 g/mol. The van der Waals surface area contributed by atoms with Crippen LogP contribution in [-0.4, -0.2) is 32.7 Å². The molecule has 0 aliphatic rings. The molecule has 1 aromatic heterocycles. The van der Waals surface area contributed by atoms with Crippen molar-refractivity contribution in [3.63, 3.8) is 0 Å². The molecule has 6 nitrogen and oxygen atoms in total. The molecule has 2 rings (SSSR count). The van der Waals surface area contributed by atoms with Crippen LogP contribution in [0.5, 0.6) is 0 Å². The minimum Gasteiger partial charge on any atom is -0.457 e. The number of hydrogen-bond acceptors (Lipinski definition) is 4. The third-order valence-electron chi connectivity index (χ3n) is 2.73. The van der Waals surface area contributed by atoms with Gasteiger partial charge in [-0.2, -0.15) is 0 Å². The zero-order chi connectivity index (χ0) is 15.6. The van der Waals surface area contributed by atoms with Crippen molar-refractivity contribution in [3.05, 3.63) is 46.8 Å². The van der Waals surface area contributed by atoms with Gasteiger partial charge < -0.3 is 9.73 Å². The maximum absolute atomic E-state index is 12.0. The minimum atomic E-state index is -3.54. The van der Waals surface area contributed by atoms with E-state index < -0.39 is 15.9 Å². The number of hydrogen-bond donors (Lipinski definition) is 1. The second-order valence-electron chi connectivity index (χ2n) is 4.38. The lowest BCUT2D eigenvalue weighted by atomic mass is 10.3. The van der Waals surface area contributed by atoms with E-state index in [2.05, 4.69) is 21.2 Å². The van der Waals surface area contributed by atoms with Crippen molar-refractivity contribution >= 4 is 37.5 Å². The molecule has 21 heavy (non-hydrogen) atoms. The van der Waals surface area contributed by atoms with Crippen LogP contribution < -0.4 is 5.32 Å². The second-order valence-corrected chi connectivity index (χ2v) is 7.25. The summed E-state index contributed by atoms with van der Waals surface area (Å²) >= 11 is 3.12. The molecule has 1 heterocycles. The topological polar surface area (TPSA) is 79.6 Å². The molecule has 1 N–H and O–H groups in total. The van der Waals surface area contributed by atoms with Gasteiger partial charge in [-0.3, -0.25) is 4.79 Å². The quantitative estimate of drug-likeness (QED) is 0.893. The van der Waals surface area contributed by atoms with Crippen LogP contribution in [-0.2, 0) is 10.0 Å². The van der Waals surface area contributed by atoms with Crippen LogP contribution in [0.2, 0.25) is 0 Å². The Balaban J connectivity index is 2.27. The third-order valence-corrected chi connectivity index (χ3v) is 5.16. The molecule has 0 bridgehead atoms. The summed E-state index contributed by atoms with van der Waals surface area (Å²) in [4.78, 5) is 12.1. The Morgan fingerprint density at radius 2 is 2.00 bits per heavy atom. The average molecular weight is 373 g/mol. The fourth-order valence-electron chi connectivity index (χ4n) is 1.60. The van der Waals surface area contributed by atoms with Crippen molar-refractivity contribution in [2.24, 2.45) is 0 Å². The number of amides is 1. The van der Waals surface area contributed by atoms with Gasteiger partial charge in [0.25, 0.3) is 5.91 Å². The number of halogens is 1. The largest absolute Gasteiger partial charge is 0.457 e. The lowest BCUT2D eigenvalue weighted by Gasteiger charge is -2.12. The van der Waals surface area contributed by atoms with Crippen LogP contribution in [0.15, 0.2) is 50.6 Å². The van der Waals surface area contributed by atoms with Gasteiger partial charge in [0, 0.05) is 19.8 Å². The summed E-state index contributed by atoms with van der Waals surface area (Å²) in [6, 6.07) is 7.57. The standard InChI is InChI=1S/C13H13BrN2O4S/c1-16(2)21(18,19)10-5-3-4-9(8-10)15-13(17)11-6-7-20-12(11)14/h3-8H,1-2H3,(H,15,17). The molecule has 0 aliphatic heterocycles. The zero-order valence-electron chi connectivity index (χ0n) is 11.3. The van der Waals surface area contributed by atoms with Crippen LogP contribution in [0, 0.1) is 0 Å². The SMILES string of the molecule is CN(C)S(=O)(=O)c1cccc(NC(=O)c2ccoc2Br)c1. The maximum atomic E-state index is 12.0. The predicted molar refractivity (Wildman–Crippen MR) is 81.7 cm³/mol. The van der Waals surface area contributed by atoms with Crippen LogP contribution in [0.25, 0.3) is 0 Å². The lowest BCUT2D eigenvalue weighted by molar-refractivity contribution is 0.102. The molecule has 0 aliphatic carbocycles. The highest BCUT2D eigenvalue weighted by atomic mass is 79.9. The molecule has 8 heteroatoms. The van der Waals surface area contributed by atoms with E-state index in [1.165, 1.54) is 38.6 Å². The molecule has 1 amide bonds. The second kappa shape index (κ2) is 6.00. The van der Waals surface area contributed by atoms with Gasteiger partial charge in [0.2, 0.25) is 10.0 Å². The van der Waals surface area contributed by atoms with Crippen molar-refractivity contribution < 1.29 is 17.6 Å². The first kappa shape index (κ1) is 15.7. The zero-order valence-corrected chi connectivity index (χ0v) is 13.7. The van der Waals surface area contributed by atoms with Gasteiger partial charge in [-0.1, -0.05) is 6.07 Å². The monoisotopic (exact) mass is 372 g/mol. The van der Waals surface area contributed by atoms with Gasteiger partial charge >= 0.3 is 0 Å². The van der Waals surface area contributed by atoms with E-state index in [1.54, 1.807) is 12.1 Å². The summed E-state index contributed by atoms with van der Waals surface area (Å²) in [5.41, 5.74) is 0.715. The Labute approximate surface area is 130 Å². The van der Waals surface area contributed by atoms with Crippen molar-refractivity contribution in [2.75, 3.05) is 19.4 Å². The Kier molecular flexibility index (Phi) is 4.50. The normalized spacial score (nSPS) is 11.6. The fourth-order valence-corrected chi connectivity index (χ4v) is 2.97. The third kappa shape index (κ3) is 3.34. The van der Waals surface area contributed by atoms with Gasteiger partial charge in [0.15, 0.2) is 4.67 Å². The average Bonchev–Trinajstić information content (AvgIpc) is 2.85. The summed E-state index contributed by atoms with van der Waals surface area (Å²) in [6.07, 6.45) is 1.38. The first-order valence-corrected chi connectivity index (χ1v) is 8.12. The first-order chi connectivity index (χ1) is 9.82. The predicted octanol–water partition coefficient (Wildman–Crippen LogP) is 2.54. The molecule has 2 aromatic rings. The van der Waals surface area contributed by atoms with Gasteiger partial charge in [0.05, 0.1) is 16.7 Å². The highest BCUT2D eigenvalue weighted by molar-refractivity contribution is 9.10. The van der Waals surface area contributed by atoms with Gasteiger partial charge in [-0.15, -0.1) is 0 Å². The number of nitrogens with one attached hydrogen (secondary N) is 1. The number of benzene rings is 1. The lowest BCUT2D eigenvalue weighted by Crippen LogP contribution is -2.22. The number of anilines is 1. The van der Waals surface area contributed by atoms with Crippen molar-refractivity contribution in [1.82, 2.24) is 4.31 Å². The van der Waals surface area contributed by atoms with Crippen molar-refractivity contribution in [3.8, 4) is 0 Å². The molecule has 0 saturated heterocycles. The minimum absolute atomic E-state index is 0.108. The Bertz CT molecular complexity index is 768. The number of rotatable bonds is 4. The molecular formula is C13H13BrN2O4S. The summed E-state index contributed by atoms with van der Waals surface area (Å²) in [6.45, 7) is 0. The molecule has 0 saturated carbocycles. The summed E-state index contributed by atoms with van der Waals surface area (Å²) in [7, 11) is -0.648. The van der Waals surface area contributed by atoms with E-state index in [0.29, 0.717) is 15.9 Å². The van der Waals surface area contributed by atoms with E-state index >= 15 is 0 Å². The Morgan fingerprint density at radius 3 is 2.57 bits per heavy atom. The van der Waals surface area contributed by atoms with E-state index in [9.17, 15) is 13.2 Å². The van der Waals surface area contributed by atoms with Crippen LogP contribution in [0.3, 0.4) is 0 Å². The molecule has 1 aromatic carbocycles. The summed E-state index contributed by atoms with van der Waals surface area (Å²) in [5.74, 6) is -0.393. The fraction of sp³-hybridized carbons (Fsp3) is 0.154. The molecule has 0 fully saturated rings. The number of sulfonamides is 1. The smallest absolute Gasteiger partial charge is 0.260 e. The maximum Gasteiger partial charge on any atom is 0.260 e. The van der Waals surface area contributed by atoms with E-state index in [0.717, 1.165) is 4.31 Å². The summed E-state index contributed by atoms with van der Waals surface area (Å²) in [5, 5.41) is 2.62. The number of carbonyl (C=O) groups is 1.